The first-order valence-corrected chi connectivity index (χ1v) is 7.16. The Morgan fingerprint density at radius 3 is 2.76 bits per heavy atom. The summed E-state index contributed by atoms with van der Waals surface area (Å²) in [6, 6.07) is 2.69. The first kappa shape index (κ1) is 12.8. The van der Waals surface area contributed by atoms with E-state index in [-0.39, 0.29) is 16.1 Å². The third-order valence-corrected chi connectivity index (χ3v) is 4.28. The second-order valence-corrected chi connectivity index (χ2v) is 5.92. The van der Waals surface area contributed by atoms with Crippen molar-refractivity contribution in [1.82, 2.24) is 9.71 Å². The molecular formula is C10H13ClN2O3S. The molecule has 1 aliphatic heterocycles. The van der Waals surface area contributed by atoms with Crippen molar-refractivity contribution < 1.29 is 13.2 Å². The lowest BCUT2D eigenvalue weighted by Gasteiger charge is -2.22. The zero-order chi connectivity index (χ0) is 12.3. The molecule has 0 amide bonds. The summed E-state index contributed by atoms with van der Waals surface area (Å²) in [5, 5.41) is 0.167. The highest BCUT2D eigenvalue weighted by atomic mass is 35.5. The monoisotopic (exact) mass is 276 g/mol. The second-order valence-electron chi connectivity index (χ2n) is 3.82. The fourth-order valence-corrected chi connectivity index (χ4v) is 3.21. The number of ether oxygens (including phenoxy) is 1. The van der Waals surface area contributed by atoms with Crippen molar-refractivity contribution in [2.24, 2.45) is 0 Å². The molecule has 0 spiro atoms. The summed E-state index contributed by atoms with van der Waals surface area (Å²) in [5.41, 5.74) is 0. The highest BCUT2D eigenvalue weighted by Crippen LogP contribution is 2.15. The SMILES string of the molecule is O=S(=O)(NC1CCOCC1)c1ccnc(Cl)c1. The highest BCUT2D eigenvalue weighted by Gasteiger charge is 2.22. The number of aromatic nitrogens is 1. The van der Waals surface area contributed by atoms with Gasteiger partial charge < -0.3 is 4.74 Å². The molecule has 94 valence electrons. The molecule has 0 aliphatic carbocycles. The quantitative estimate of drug-likeness (QED) is 0.842. The summed E-state index contributed by atoms with van der Waals surface area (Å²) >= 11 is 5.67. The Morgan fingerprint density at radius 1 is 1.41 bits per heavy atom. The molecule has 7 heteroatoms. The molecule has 1 fully saturated rings. The van der Waals surface area contributed by atoms with E-state index in [0.717, 1.165) is 0 Å². The molecule has 0 saturated carbocycles. The smallest absolute Gasteiger partial charge is 0.240 e. The van der Waals surface area contributed by atoms with Gasteiger partial charge in [0, 0.05) is 25.5 Å². The molecule has 0 radical (unpaired) electrons. The first-order chi connectivity index (χ1) is 8.08. The Morgan fingerprint density at radius 2 is 2.12 bits per heavy atom. The van der Waals surface area contributed by atoms with Gasteiger partial charge in [-0.1, -0.05) is 11.6 Å². The van der Waals surface area contributed by atoms with Gasteiger partial charge in [0.05, 0.1) is 4.90 Å². The van der Waals surface area contributed by atoms with Crippen molar-refractivity contribution in [3.63, 3.8) is 0 Å². The summed E-state index contributed by atoms with van der Waals surface area (Å²) in [5.74, 6) is 0. The van der Waals surface area contributed by atoms with Crippen LogP contribution in [0.3, 0.4) is 0 Å². The molecular weight excluding hydrogens is 264 g/mol. The Hall–Kier alpha value is -0.690. The van der Waals surface area contributed by atoms with Crippen LogP contribution in [-0.4, -0.2) is 32.7 Å². The number of rotatable bonds is 3. The normalized spacial score (nSPS) is 18.2. The van der Waals surface area contributed by atoms with Crippen LogP contribution in [-0.2, 0) is 14.8 Å². The molecule has 2 heterocycles. The van der Waals surface area contributed by atoms with E-state index < -0.39 is 10.0 Å². The van der Waals surface area contributed by atoms with Crippen molar-refractivity contribution in [2.45, 2.75) is 23.8 Å². The lowest BCUT2D eigenvalue weighted by molar-refractivity contribution is 0.0832. The van der Waals surface area contributed by atoms with Gasteiger partial charge in [-0.2, -0.15) is 0 Å². The summed E-state index contributed by atoms with van der Waals surface area (Å²) in [6.45, 7) is 1.18. The number of sulfonamides is 1. The number of pyridine rings is 1. The highest BCUT2D eigenvalue weighted by molar-refractivity contribution is 7.89. The fourth-order valence-electron chi connectivity index (χ4n) is 1.65. The van der Waals surface area contributed by atoms with Crippen LogP contribution >= 0.6 is 11.6 Å². The maximum Gasteiger partial charge on any atom is 0.240 e. The van der Waals surface area contributed by atoms with Gasteiger partial charge in [-0.25, -0.2) is 18.1 Å². The van der Waals surface area contributed by atoms with Gasteiger partial charge in [-0.3, -0.25) is 0 Å². The summed E-state index contributed by atoms with van der Waals surface area (Å²) in [6.07, 6.45) is 2.76. The Kier molecular flexibility index (Phi) is 3.98. The van der Waals surface area contributed by atoms with Gasteiger partial charge in [0.1, 0.15) is 5.15 Å². The summed E-state index contributed by atoms with van der Waals surface area (Å²) < 4.78 is 31.8. The predicted molar refractivity (Wildman–Crippen MR) is 63.4 cm³/mol. The number of hydrogen-bond donors (Lipinski definition) is 1. The largest absolute Gasteiger partial charge is 0.381 e. The molecule has 5 nitrogen and oxygen atoms in total. The lowest BCUT2D eigenvalue weighted by atomic mass is 10.1. The molecule has 0 unspecified atom stereocenters. The van der Waals surface area contributed by atoms with Crippen LogP contribution in [0.1, 0.15) is 12.8 Å². The van der Waals surface area contributed by atoms with Crippen molar-refractivity contribution in [2.75, 3.05) is 13.2 Å². The predicted octanol–water partition coefficient (Wildman–Crippen LogP) is 1.19. The van der Waals surface area contributed by atoms with Crippen LogP contribution in [0.2, 0.25) is 5.15 Å². The molecule has 0 atom stereocenters. The van der Waals surface area contributed by atoms with E-state index in [1.807, 2.05) is 0 Å². The van der Waals surface area contributed by atoms with Gasteiger partial charge >= 0.3 is 0 Å². The van der Waals surface area contributed by atoms with Crippen LogP contribution in [0.15, 0.2) is 23.2 Å². The third-order valence-electron chi connectivity index (χ3n) is 2.55. The second kappa shape index (κ2) is 5.30. The maximum absolute atomic E-state index is 12.0. The van der Waals surface area contributed by atoms with Gasteiger partial charge in [0.15, 0.2) is 0 Å². The molecule has 2 rings (SSSR count). The van der Waals surface area contributed by atoms with E-state index in [1.165, 1.54) is 18.3 Å². The van der Waals surface area contributed by atoms with Crippen molar-refractivity contribution in [3.05, 3.63) is 23.5 Å². The summed E-state index contributed by atoms with van der Waals surface area (Å²) in [7, 11) is -3.51. The van der Waals surface area contributed by atoms with Gasteiger partial charge in [0.25, 0.3) is 0 Å². The average molecular weight is 277 g/mol. The van der Waals surface area contributed by atoms with Crippen molar-refractivity contribution in [3.8, 4) is 0 Å². The van der Waals surface area contributed by atoms with Crippen LogP contribution in [0.4, 0.5) is 0 Å². The Bertz CT molecular complexity index is 486. The van der Waals surface area contributed by atoms with Gasteiger partial charge in [-0.05, 0) is 25.0 Å². The van der Waals surface area contributed by atoms with Crippen molar-refractivity contribution >= 4 is 21.6 Å². The number of halogens is 1. The van der Waals surface area contributed by atoms with Crippen molar-refractivity contribution in [1.29, 1.82) is 0 Å². The number of nitrogens with zero attached hydrogens (tertiary/aromatic N) is 1. The van der Waals surface area contributed by atoms with Gasteiger partial charge in [-0.15, -0.1) is 0 Å². The minimum absolute atomic E-state index is 0.0688. The maximum atomic E-state index is 12.0. The molecule has 1 aliphatic rings. The van der Waals surface area contributed by atoms with Gasteiger partial charge in [0.2, 0.25) is 10.0 Å². The molecule has 1 aromatic heterocycles. The third kappa shape index (κ3) is 3.38. The number of hydrogen-bond acceptors (Lipinski definition) is 4. The van der Waals surface area contributed by atoms with Crippen LogP contribution in [0.25, 0.3) is 0 Å². The van der Waals surface area contributed by atoms with E-state index in [9.17, 15) is 8.42 Å². The first-order valence-electron chi connectivity index (χ1n) is 5.29. The minimum atomic E-state index is -3.51. The summed E-state index contributed by atoms with van der Waals surface area (Å²) in [4.78, 5) is 3.90. The van der Waals surface area contributed by atoms with E-state index >= 15 is 0 Å². The molecule has 0 bridgehead atoms. The Labute approximate surface area is 105 Å². The standard InChI is InChI=1S/C10H13ClN2O3S/c11-10-7-9(1-4-12-10)17(14,15)13-8-2-5-16-6-3-8/h1,4,7-8,13H,2-3,5-6H2. The van der Waals surface area contributed by atoms with Crippen LogP contribution in [0, 0.1) is 0 Å². The van der Waals surface area contributed by atoms with E-state index in [2.05, 4.69) is 9.71 Å². The lowest BCUT2D eigenvalue weighted by Crippen LogP contribution is -2.38. The molecule has 1 N–H and O–H groups in total. The van der Waals surface area contributed by atoms with Crippen LogP contribution in [0.5, 0.6) is 0 Å². The molecule has 1 aromatic rings. The fraction of sp³-hybridized carbons (Fsp3) is 0.500. The van der Waals surface area contributed by atoms with E-state index in [4.69, 9.17) is 16.3 Å². The van der Waals surface area contributed by atoms with Crippen LogP contribution < -0.4 is 4.72 Å². The van der Waals surface area contributed by atoms with E-state index in [1.54, 1.807) is 0 Å². The van der Waals surface area contributed by atoms with E-state index in [0.29, 0.717) is 26.1 Å². The molecule has 17 heavy (non-hydrogen) atoms. The Balaban J connectivity index is 2.13. The minimum Gasteiger partial charge on any atom is -0.381 e. The average Bonchev–Trinajstić information content (AvgIpc) is 2.30. The molecule has 1 saturated heterocycles. The zero-order valence-electron chi connectivity index (χ0n) is 9.10. The topological polar surface area (TPSA) is 68.3 Å². The zero-order valence-corrected chi connectivity index (χ0v) is 10.7. The number of nitrogens with one attached hydrogen (secondary N) is 1. The molecule has 0 aromatic carbocycles.